The quantitative estimate of drug-likeness (QED) is 0.595. The van der Waals surface area contributed by atoms with Gasteiger partial charge in [0.1, 0.15) is 12.1 Å². The van der Waals surface area contributed by atoms with Gasteiger partial charge < -0.3 is 4.74 Å². The zero-order valence-electron chi connectivity index (χ0n) is 9.03. The molecule has 2 rings (SSSR count). The summed E-state index contributed by atoms with van der Waals surface area (Å²) in [5.74, 6) is 0.721. The van der Waals surface area contributed by atoms with Crippen molar-refractivity contribution in [2.75, 3.05) is 13.1 Å². The van der Waals surface area contributed by atoms with Gasteiger partial charge in [-0.3, -0.25) is 9.69 Å². The lowest BCUT2D eigenvalue weighted by Gasteiger charge is -2.33. The molecule has 0 spiro atoms. The number of likely N-dealkylation sites (tertiary alicyclic amines) is 1. The molecule has 0 N–H and O–H groups in total. The standard InChI is InChI=1S/C11H19NO2/c1-8-4-3-5-12(7-8)10-6-9(2)14-11(10)13/h8-10H,3-7H2,1-2H3/t8-,9+,10-/m1/s1. The monoisotopic (exact) mass is 197 g/mol. The fourth-order valence-corrected chi connectivity index (χ4v) is 2.54. The normalized spacial score (nSPS) is 39.9. The zero-order chi connectivity index (χ0) is 10.1. The highest BCUT2D eigenvalue weighted by atomic mass is 16.6. The Morgan fingerprint density at radius 2 is 2.21 bits per heavy atom. The van der Waals surface area contributed by atoms with E-state index in [1.807, 2.05) is 6.92 Å². The maximum absolute atomic E-state index is 11.5. The summed E-state index contributed by atoms with van der Waals surface area (Å²) >= 11 is 0. The lowest BCUT2D eigenvalue weighted by atomic mass is 9.98. The summed E-state index contributed by atoms with van der Waals surface area (Å²) in [4.78, 5) is 13.8. The lowest BCUT2D eigenvalue weighted by molar-refractivity contribution is -0.145. The number of hydrogen-bond acceptors (Lipinski definition) is 3. The van der Waals surface area contributed by atoms with E-state index in [9.17, 15) is 4.79 Å². The minimum atomic E-state index is -0.00778. The van der Waals surface area contributed by atoms with Gasteiger partial charge in [-0.05, 0) is 32.2 Å². The first-order valence-corrected chi connectivity index (χ1v) is 5.61. The maximum Gasteiger partial charge on any atom is 0.323 e. The Balaban J connectivity index is 1.97. The summed E-state index contributed by atoms with van der Waals surface area (Å²) in [7, 11) is 0. The lowest BCUT2D eigenvalue weighted by Crippen LogP contribution is -2.44. The average Bonchev–Trinajstić information content (AvgIpc) is 2.45. The highest BCUT2D eigenvalue weighted by Gasteiger charge is 2.37. The Hall–Kier alpha value is -0.570. The van der Waals surface area contributed by atoms with Gasteiger partial charge in [0.25, 0.3) is 0 Å². The molecule has 3 atom stereocenters. The Morgan fingerprint density at radius 1 is 1.43 bits per heavy atom. The van der Waals surface area contributed by atoms with E-state index in [1.54, 1.807) is 0 Å². The third-order valence-corrected chi connectivity index (χ3v) is 3.27. The number of carbonyl (C=O) groups excluding carboxylic acids is 1. The number of carbonyl (C=O) groups is 1. The summed E-state index contributed by atoms with van der Waals surface area (Å²) in [5.41, 5.74) is 0. The van der Waals surface area contributed by atoms with Crippen LogP contribution in [-0.4, -0.2) is 36.1 Å². The third-order valence-electron chi connectivity index (χ3n) is 3.27. The second kappa shape index (κ2) is 3.89. The number of piperidine rings is 1. The molecule has 80 valence electrons. The minimum Gasteiger partial charge on any atom is -0.461 e. The van der Waals surface area contributed by atoms with Crippen LogP contribution in [0.15, 0.2) is 0 Å². The molecule has 0 aliphatic carbocycles. The Labute approximate surface area is 85.4 Å². The minimum absolute atomic E-state index is 0.00778. The molecule has 0 amide bonds. The molecule has 0 aromatic rings. The summed E-state index contributed by atoms with van der Waals surface area (Å²) < 4.78 is 5.18. The van der Waals surface area contributed by atoms with Crippen molar-refractivity contribution in [3.8, 4) is 0 Å². The van der Waals surface area contributed by atoms with Crippen LogP contribution < -0.4 is 0 Å². The van der Waals surface area contributed by atoms with Crippen LogP contribution >= 0.6 is 0 Å². The summed E-state index contributed by atoms with van der Waals surface area (Å²) in [5, 5.41) is 0. The molecule has 2 aliphatic heterocycles. The van der Waals surface area contributed by atoms with Crippen molar-refractivity contribution in [1.82, 2.24) is 4.90 Å². The van der Waals surface area contributed by atoms with E-state index >= 15 is 0 Å². The first-order valence-electron chi connectivity index (χ1n) is 5.61. The van der Waals surface area contributed by atoms with Crippen molar-refractivity contribution < 1.29 is 9.53 Å². The topological polar surface area (TPSA) is 29.5 Å². The summed E-state index contributed by atoms with van der Waals surface area (Å²) in [6, 6.07) is 0.0488. The largest absolute Gasteiger partial charge is 0.461 e. The van der Waals surface area contributed by atoms with E-state index in [2.05, 4.69) is 11.8 Å². The molecule has 2 saturated heterocycles. The molecule has 2 heterocycles. The Morgan fingerprint density at radius 3 is 2.79 bits per heavy atom. The number of nitrogens with zero attached hydrogens (tertiary/aromatic N) is 1. The number of rotatable bonds is 1. The molecule has 14 heavy (non-hydrogen) atoms. The molecule has 0 aromatic carbocycles. The highest BCUT2D eigenvalue weighted by molar-refractivity contribution is 5.78. The van der Waals surface area contributed by atoms with Crippen LogP contribution in [0.25, 0.3) is 0 Å². The Kier molecular flexibility index (Phi) is 2.77. The van der Waals surface area contributed by atoms with Crippen LogP contribution in [0.2, 0.25) is 0 Å². The highest BCUT2D eigenvalue weighted by Crippen LogP contribution is 2.25. The predicted molar refractivity (Wildman–Crippen MR) is 53.9 cm³/mol. The number of ether oxygens (including phenoxy) is 1. The molecule has 3 nitrogen and oxygen atoms in total. The van der Waals surface area contributed by atoms with Crippen molar-refractivity contribution in [3.05, 3.63) is 0 Å². The van der Waals surface area contributed by atoms with Crippen molar-refractivity contribution in [2.24, 2.45) is 5.92 Å². The van der Waals surface area contributed by atoms with Gasteiger partial charge in [-0.2, -0.15) is 0 Å². The van der Waals surface area contributed by atoms with Crippen molar-refractivity contribution in [1.29, 1.82) is 0 Å². The van der Waals surface area contributed by atoms with Crippen LogP contribution in [0.4, 0.5) is 0 Å². The third kappa shape index (κ3) is 1.92. The predicted octanol–water partition coefficient (Wildman–Crippen LogP) is 1.42. The van der Waals surface area contributed by atoms with E-state index in [1.165, 1.54) is 12.8 Å². The van der Waals surface area contributed by atoms with Crippen molar-refractivity contribution in [3.63, 3.8) is 0 Å². The van der Waals surface area contributed by atoms with Gasteiger partial charge in [-0.1, -0.05) is 6.92 Å². The molecule has 0 radical (unpaired) electrons. The van der Waals surface area contributed by atoms with E-state index in [0.29, 0.717) is 0 Å². The van der Waals surface area contributed by atoms with Gasteiger partial charge in [0, 0.05) is 13.0 Å². The summed E-state index contributed by atoms with van der Waals surface area (Å²) in [6.07, 6.45) is 3.52. The van der Waals surface area contributed by atoms with Crippen LogP contribution in [0.3, 0.4) is 0 Å². The first-order chi connectivity index (χ1) is 6.66. The molecule has 0 unspecified atom stereocenters. The SMILES string of the molecule is C[C@@H]1CCCN([C@@H]2C[C@H](C)OC2=O)C1. The maximum atomic E-state index is 11.5. The number of esters is 1. The Bertz CT molecular complexity index is 229. The zero-order valence-corrected chi connectivity index (χ0v) is 9.03. The molecule has 0 aromatic heterocycles. The van der Waals surface area contributed by atoms with Gasteiger partial charge in [0.05, 0.1) is 0 Å². The van der Waals surface area contributed by atoms with Crippen LogP contribution in [0.5, 0.6) is 0 Å². The van der Waals surface area contributed by atoms with E-state index in [0.717, 1.165) is 25.4 Å². The molecular formula is C11H19NO2. The van der Waals surface area contributed by atoms with E-state index in [-0.39, 0.29) is 18.1 Å². The fraction of sp³-hybridized carbons (Fsp3) is 0.909. The van der Waals surface area contributed by atoms with Gasteiger partial charge in [-0.25, -0.2) is 0 Å². The smallest absolute Gasteiger partial charge is 0.323 e. The number of cyclic esters (lactones) is 1. The van der Waals surface area contributed by atoms with Gasteiger partial charge in [-0.15, -0.1) is 0 Å². The molecular weight excluding hydrogens is 178 g/mol. The molecule has 2 aliphatic rings. The van der Waals surface area contributed by atoms with Crippen LogP contribution in [-0.2, 0) is 9.53 Å². The summed E-state index contributed by atoms with van der Waals surface area (Å²) in [6.45, 7) is 6.37. The molecule has 3 heteroatoms. The molecule has 0 bridgehead atoms. The first kappa shape index (κ1) is 9.97. The second-order valence-corrected chi connectivity index (χ2v) is 4.74. The second-order valence-electron chi connectivity index (χ2n) is 4.74. The van der Waals surface area contributed by atoms with Gasteiger partial charge in [0.2, 0.25) is 0 Å². The van der Waals surface area contributed by atoms with Crippen LogP contribution in [0, 0.1) is 5.92 Å². The van der Waals surface area contributed by atoms with Gasteiger partial charge in [0.15, 0.2) is 0 Å². The molecule has 0 saturated carbocycles. The fourth-order valence-electron chi connectivity index (χ4n) is 2.54. The van der Waals surface area contributed by atoms with Gasteiger partial charge >= 0.3 is 5.97 Å². The molecule has 2 fully saturated rings. The average molecular weight is 197 g/mol. The van der Waals surface area contributed by atoms with E-state index in [4.69, 9.17) is 4.74 Å². The van der Waals surface area contributed by atoms with E-state index < -0.39 is 0 Å². The van der Waals surface area contributed by atoms with Crippen molar-refractivity contribution in [2.45, 2.75) is 45.3 Å². The van der Waals surface area contributed by atoms with Crippen LogP contribution in [0.1, 0.15) is 33.1 Å². The number of hydrogen-bond donors (Lipinski definition) is 0. The van der Waals surface area contributed by atoms with Crippen molar-refractivity contribution >= 4 is 5.97 Å².